The zero-order chi connectivity index (χ0) is 12.4. The molecule has 1 unspecified atom stereocenters. The Hall–Kier alpha value is -1.29. The second-order valence-electron chi connectivity index (χ2n) is 5.06. The molecule has 0 radical (unpaired) electrons. The van der Waals surface area contributed by atoms with Crippen LogP contribution in [-0.2, 0) is 0 Å². The Balaban J connectivity index is 2.03. The van der Waals surface area contributed by atoms with Crippen molar-refractivity contribution in [2.45, 2.75) is 25.8 Å². The van der Waals surface area contributed by atoms with Crippen LogP contribution in [-0.4, -0.2) is 43.1 Å². The molecule has 1 aliphatic rings. The molecule has 4 heteroatoms. The van der Waals surface area contributed by atoms with Crippen molar-refractivity contribution in [2.24, 2.45) is 0 Å². The smallest absolute Gasteiger partial charge is 0.130 e. The lowest BCUT2D eigenvalue weighted by molar-refractivity contribution is 0.314. The van der Waals surface area contributed by atoms with E-state index < -0.39 is 0 Å². The molecule has 1 aromatic heterocycles. The molecular formula is C13H22N4. The molecule has 4 nitrogen and oxygen atoms in total. The van der Waals surface area contributed by atoms with Gasteiger partial charge in [0.05, 0.1) is 0 Å². The van der Waals surface area contributed by atoms with Crippen LogP contribution >= 0.6 is 0 Å². The molecule has 0 amide bonds. The Morgan fingerprint density at radius 1 is 1.59 bits per heavy atom. The zero-order valence-electron chi connectivity index (χ0n) is 11.0. The summed E-state index contributed by atoms with van der Waals surface area (Å²) in [6, 6.07) is 2.61. The van der Waals surface area contributed by atoms with E-state index in [1.54, 1.807) is 0 Å². The topological polar surface area (TPSA) is 45.4 Å². The molecule has 0 aliphatic carbocycles. The third kappa shape index (κ3) is 2.69. The summed E-state index contributed by atoms with van der Waals surface area (Å²) in [4.78, 5) is 9.05. The number of aryl methyl sites for hydroxylation is 1. The lowest BCUT2D eigenvalue weighted by Crippen LogP contribution is -2.37. The number of likely N-dealkylation sites (N-methyl/N-ethyl adjacent to an activating group) is 2. The van der Waals surface area contributed by atoms with Gasteiger partial charge in [-0.3, -0.25) is 0 Å². The first kappa shape index (κ1) is 12.2. The molecule has 1 saturated heterocycles. The lowest BCUT2D eigenvalue weighted by atomic mass is 10.2. The minimum absolute atomic E-state index is 0.643. The number of nitrogen functional groups attached to an aromatic ring is 1. The van der Waals surface area contributed by atoms with Gasteiger partial charge in [0.25, 0.3) is 0 Å². The van der Waals surface area contributed by atoms with Crippen LogP contribution in [0.2, 0.25) is 0 Å². The second kappa shape index (κ2) is 4.92. The van der Waals surface area contributed by atoms with Crippen molar-refractivity contribution in [3.05, 3.63) is 17.8 Å². The van der Waals surface area contributed by atoms with Gasteiger partial charge in [0.15, 0.2) is 0 Å². The molecule has 1 atom stereocenters. The van der Waals surface area contributed by atoms with Crippen LogP contribution in [0.3, 0.4) is 0 Å². The minimum Gasteiger partial charge on any atom is -0.398 e. The van der Waals surface area contributed by atoms with Crippen LogP contribution in [0.5, 0.6) is 0 Å². The molecule has 2 rings (SSSR count). The van der Waals surface area contributed by atoms with E-state index >= 15 is 0 Å². The number of aromatic nitrogens is 1. The summed E-state index contributed by atoms with van der Waals surface area (Å²) in [6.07, 6.45) is 4.43. The number of hydrogen-bond donors (Lipinski definition) is 1. The summed E-state index contributed by atoms with van der Waals surface area (Å²) in [6.45, 7) is 4.21. The molecule has 0 bridgehead atoms. The molecule has 17 heavy (non-hydrogen) atoms. The molecule has 94 valence electrons. The SMILES string of the molecule is Cc1cnc(N(C)CC2CCCN2C)cc1N. The Kier molecular flexibility index (Phi) is 3.52. The van der Waals surface area contributed by atoms with E-state index in [4.69, 9.17) is 5.73 Å². The molecule has 2 N–H and O–H groups in total. The highest BCUT2D eigenvalue weighted by atomic mass is 15.2. The first-order valence-electron chi connectivity index (χ1n) is 6.21. The van der Waals surface area contributed by atoms with E-state index in [-0.39, 0.29) is 0 Å². The number of nitrogens with zero attached hydrogens (tertiary/aromatic N) is 3. The molecule has 1 aromatic rings. The Morgan fingerprint density at radius 3 is 2.94 bits per heavy atom. The van der Waals surface area contributed by atoms with E-state index in [1.165, 1.54) is 19.4 Å². The van der Waals surface area contributed by atoms with Gasteiger partial charge in [-0.05, 0) is 38.9 Å². The molecule has 1 aliphatic heterocycles. The maximum atomic E-state index is 5.92. The number of anilines is 2. The molecule has 0 aromatic carbocycles. The maximum absolute atomic E-state index is 5.92. The average Bonchev–Trinajstić information content (AvgIpc) is 2.68. The molecule has 2 heterocycles. The Labute approximate surface area is 103 Å². The first-order chi connectivity index (χ1) is 8.08. The van der Waals surface area contributed by atoms with Gasteiger partial charge in [-0.2, -0.15) is 0 Å². The fraction of sp³-hybridized carbons (Fsp3) is 0.615. The molecule has 1 fully saturated rings. The van der Waals surface area contributed by atoms with Crippen molar-refractivity contribution in [1.29, 1.82) is 0 Å². The summed E-state index contributed by atoms with van der Waals surface area (Å²) in [5.74, 6) is 0.966. The Morgan fingerprint density at radius 2 is 2.35 bits per heavy atom. The van der Waals surface area contributed by atoms with E-state index in [9.17, 15) is 0 Å². The second-order valence-corrected chi connectivity index (χ2v) is 5.06. The highest BCUT2D eigenvalue weighted by molar-refractivity contribution is 5.54. The summed E-state index contributed by atoms with van der Waals surface area (Å²) >= 11 is 0. The van der Waals surface area contributed by atoms with Gasteiger partial charge in [-0.15, -0.1) is 0 Å². The number of nitrogens with two attached hydrogens (primary N) is 1. The fourth-order valence-corrected chi connectivity index (χ4v) is 2.36. The summed E-state index contributed by atoms with van der Waals surface area (Å²) < 4.78 is 0. The largest absolute Gasteiger partial charge is 0.398 e. The Bertz CT molecular complexity index is 391. The molecule has 0 spiro atoms. The monoisotopic (exact) mass is 234 g/mol. The van der Waals surface area contributed by atoms with Gasteiger partial charge < -0.3 is 15.5 Å². The predicted octanol–water partition coefficient (Wildman–Crippen LogP) is 1.50. The van der Waals surface area contributed by atoms with E-state index in [1.807, 2.05) is 19.2 Å². The van der Waals surface area contributed by atoms with Gasteiger partial charge in [0, 0.05) is 37.6 Å². The minimum atomic E-state index is 0.643. The summed E-state index contributed by atoms with van der Waals surface area (Å²) in [5.41, 5.74) is 7.78. The van der Waals surface area contributed by atoms with Crippen LogP contribution in [0.25, 0.3) is 0 Å². The van der Waals surface area contributed by atoms with Crippen molar-refractivity contribution in [2.75, 3.05) is 37.8 Å². The van der Waals surface area contributed by atoms with Crippen molar-refractivity contribution < 1.29 is 0 Å². The van der Waals surface area contributed by atoms with Crippen LogP contribution in [0, 0.1) is 6.92 Å². The van der Waals surface area contributed by atoms with Crippen molar-refractivity contribution in [3.8, 4) is 0 Å². The number of pyridine rings is 1. The van der Waals surface area contributed by atoms with Gasteiger partial charge in [0.1, 0.15) is 5.82 Å². The summed E-state index contributed by atoms with van der Waals surface area (Å²) in [7, 11) is 4.28. The maximum Gasteiger partial charge on any atom is 0.130 e. The van der Waals surface area contributed by atoms with Crippen molar-refractivity contribution >= 4 is 11.5 Å². The van der Waals surface area contributed by atoms with E-state index in [2.05, 4.69) is 28.9 Å². The van der Waals surface area contributed by atoms with Crippen LogP contribution in [0.1, 0.15) is 18.4 Å². The van der Waals surface area contributed by atoms with Crippen LogP contribution < -0.4 is 10.6 Å². The normalized spacial score (nSPS) is 20.8. The van der Waals surface area contributed by atoms with Gasteiger partial charge >= 0.3 is 0 Å². The van der Waals surface area contributed by atoms with E-state index in [0.29, 0.717) is 6.04 Å². The van der Waals surface area contributed by atoms with Gasteiger partial charge in [0.2, 0.25) is 0 Å². The number of likely N-dealkylation sites (tertiary alicyclic amines) is 1. The first-order valence-corrected chi connectivity index (χ1v) is 6.21. The third-order valence-corrected chi connectivity index (χ3v) is 3.68. The fourth-order valence-electron chi connectivity index (χ4n) is 2.36. The average molecular weight is 234 g/mol. The quantitative estimate of drug-likeness (QED) is 0.861. The lowest BCUT2D eigenvalue weighted by Gasteiger charge is -2.26. The van der Waals surface area contributed by atoms with E-state index in [0.717, 1.165) is 23.6 Å². The zero-order valence-corrected chi connectivity index (χ0v) is 11.0. The van der Waals surface area contributed by atoms with Gasteiger partial charge in [-0.25, -0.2) is 4.98 Å². The third-order valence-electron chi connectivity index (χ3n) is 3.68. The number of rotatable bonds is 3. The van der Waals surface area contributed by atoms with Crippen LogP contribution in [0.15, 0.2) is 12.3 Å². The predicted molar refractivity (Wildman–Crippen MR) is 72.3 cm³/mol. The van der Waals surface area contributed by atoms with Crippen molar-refractivity contribution in [1.82, 2.24) is 9.88 Å². The highest BCUT2D eigenvalue weighted by Crippen LogP contribution is 2.20. The van der Waals surface area contributed by atoms with Crippen LogP contribution in [0.4, 0.5) is 11.5 Å². The number of hydrogen-bond acceptors (Lipinski definition) is 4. The standard InChI is InChI=1S/C13H22N4/c1-10-8-15-13(7-12(10)14)17(3)9-11-5-4-6-16(11)2/h7-8,11H,4-6,9H2,1-3H3,(H2,14,15). The molecular weight excluding hydrogens is 212 g/mol. The molecule has 0 saturated carbocycles. The van der Waals surface area contributed by atoms with Crippen molar-refractivity contribution in [3.63, 3.8) is 0 Å². The summed E-state index contributed by atoms with van der Waals surface area (Å²) in [5, 5.41) is 0. The van der Waals surface area contributed by atoms with Gasteiger partial charge in [-0.1, -0.05) is 0 Å². The highest BCUT2D eigenvalue weighted by Gasteiger charge is 2.22.